The van der Waals surface area contributed by atoms with E-state index in [-0.39, 0.29) is 11.6 Å². The Balaban J connectivity index is 0. The van der Waals surface area contributed by atoms with Gasteiger partial charge in [0.1, 0.15) is 12.1 Å². The molecule has 6 nitrogen and oxygen atoms in total. The van der Waals surface area contributed by atoms with Crippen LogP contribution < -0.4 is 10.6 Å². The van der Waals surface area contributed by atoms with Gasteiger partial charge in [-0.3, -0.25) is 14.9 Å². The summed E-state index contributed by atoms with van der Waals surface area (Å²) in [6.07, 6.45) is 0.686. The quantitative estimate of drug-likeness (QED) is 0.592. The fraction of sp³-hybridized carbons (Fsp3) is 0.857. The SMILES string of the molecule is CN[C@@H](CC(C)C)C(=O)O.C[C@H](NC(C)(C)C)C(=O)O. The van der Waals surface area contributed by atoms with Crippen molar-refractivity contribution >= 4 is 11.9 Å². The van der Waals surface area contributed by atoms with Crippen molar-refractivity contribution in [3.8, 4) is 0 Å². The van der Waals surface area contributed by atoms with E-state index in [4.69, 9.17) is 10.2 Å². The first-order chi connectivity index (χ1) is 8.90. The van der Waals surface area contributed by atoms with E-state index in [0.29, 0.717) is 12.3 Å². The summed E-state index contributed by atoms with van der Waals surface area (Å²) in [6, 6.07) is -0.861. The molecule has 0 aliphatic rings. The van der Waals surface area contributed by atoms with Crippen LogP contribution in [0.2, 0.25) is 0 Å². The van der Waals surface area contributed by atoms with Gasteiger partial charge >= 0.3 is 11.9 Å². The molecule has 0 amide bonds. The zero-order valence-corrected chi connectivity index (χ0v) is 13.7. The van der Waals surface area contributed by atoms with E-state index in [1.54, 1.807) is 14.0 Å². The molecule has 0 aromatic heterocycles. The molecule has 0 spiro atoms. The fourth-order valence-corrected chi connectivity index (χ4v) is 1.52. The summed E-state index contributed by atoms with van der Waals surface area (Å²) >= 11 is 0. The van der Waals surface area contributed by atoms with Gasteiger partial charge in [-0.2, -0.15) is 0 Å². The first-order valence-electron chi connectivity index (χ1n) is 6.81. The van der Waals surface area contributed by atoms with E-state index < -0.39 is 18.0 Å². The molecule has 0 aromatic rings. The van der Waals surface area contributed by atoms with Crippen molar-refractivity contribution in [2.24, 2.45) is 5.92 Å². The largest absolute Gasteiger partial charge is 0.480 e. The van der Waals surface area contributed by atoms with Gasteiger partial charge in [0.05, 0.1) is 0 Å². The molecule has 0 aromatic carbocycles. The lowest BCUT2D eigenvalue weighted by atomic mass is 10.0. The van der Waals surface area contributed by atoms with Crippen LogP contribution in [0.1, 0.15) is 48.0 Å². The van der Waals surface area contributed by atoms with Crippen molar-refractivity contribution in [3.05, 3.63) is 0 Å². The summed E-state index contributed by atoms with van der Waals surface area (Å²) in [4.78, 5) is 20.7. The summed E-state index contributed by atoms with van der Waals surface area (Å²) in [5, 5.41) is 22.7. The van der Waals surface area contributed by atoms with Gasteiger partial charge in [0.15, 0.2) is 0 Å². The Labute approximate surface area is 122 Å². The molecule has 4 N–H and O–H groups in total. The molecule has 120 valence electrons. The van der Waals surface area contributed by atoms with Crippen molar-refractivity contribution in [3.63, 3.8) is 0 Å². The third kappa shape index (κ3) is 13.3. The lowest BCUT2D eigenvalue weighted by Gasteiger charge is -2.23. The van der Waals surface area contributed by atoms with Gasteiger partial charge in [0.25, 0.3) is 0 Å². The maximum absolute atomic E-state index is 10.4. The van der Waals surface area contributed by atoms with Crippen molar-refractivity contribution < 1.29 is 19.8 Å². The van der Waals surface area contributed by atoms with E-state index in [9.17, 15) is 9.59 Å². The first-order valence-corrected chi connectivity index (χ1v) is 6.81. The highest BCUT2D eigenvalue weighted by Crippen LogP contribution is 2.03. The second-order valence-electron chi connectivity index (χ2n) is 6.26. The van der Waals surface area contributed by atoms with Gasteiger partial charge in [0, 0.05) is 5.54 Å². The number of rotatable bonds is 6. The minimum Gasteiger partial charge on any atom is -0.480 e. The molecule has 0 bridgehead atoms. The average Bonchev–Trinajstić information content (AvgIpc) is 2.23. The minimum absolute atomic E-state index is 0.127. The number of carboxylic acids is 2. The van der Waals surface area contributed by atoms with Crippen molar-refractivity contribution in [2.45, 2.75) is 65.6 Å². The predicted molar refractivity (Wildman–Crippen MR) is 79.9 cm³/mol. The van der Waals surface area contributed by atoms with Gasteiger partial charge in [-0.05, 0) is 47.1 Å². The Hall–Kier alpha value is -1.14. The van der Waals surface area contributed by atoms with Crippen LogP contribution in [0.15, 0.2) is 0 Å². The third-order valence-electron chi connectivity index (χ3n) is 2.37. The molecule has 0 aliphatic carbocycles. The molecule has 20 heavy (non-hydrogen) atoms. The summed E-state index contributed by atoms with van der Waals surface area (Å²) in [5.41, 5.74) is -0.127. The molecular weight excluding hydrogens is 260 g/mol. The van der Waals surface area contributed by atoms with Crippen LogP contribution in [-0.4, -0.2) is 46.8 Å². The molecule has 0 unspecified atom stereocenters. The number of aliphatic carboxylic acids is 2. The highest BCUT2D eigenvalue weighted by molar-refractivity contribution is 5.73. The molecule has 0 heterocycles. The van der Waals surface area contributed by atoms with Crippen LogP contribution in [0.5, 0.6) is 0 Å². The second kappa shape index (κ2) is 9.72. The fourth-order valence-electron chi connectivity index (χ4n) is 1.52. The molecule has 0 radical (unpaired) electrons. The van der Waals surface area contributed by atoms with Gasteiger partial charge in [-0.25, -0.2) is 0 Å². The van der Waals surface area contributed by atoms with Crippen LogP contribution in [0, 0.1) is 5.92 Å². The zero-order chi connectivity index (χ0) is 16.5. The molecule has 0 saturated carbocycles. The smallest absolute Gasteiger partial charge is 0.320 e. The number of carboxylic acid groups (broad SMARTS) is 2. The summed E-state index contributed by atoms with van der Waals surface area (Å²) in [7, 11) is 1.67. The molecular formula is C14H30N2O4. The van der Waals surface area contributed by atoms with E-state index >= 15 is 0 Å². The Morgan fingerprint density at radius 3 is 1.60 bits per heavy atom. The number of hydrogen-bond acceptors (Lipinski definition) is 4. The normalized spacial score (nSPS) is 14.2. The average molecular weight is 290 g/mol. The van der Waals surface area contributed by atoms with Crippen molar-refractivity contribution in [1.29, 1.82) is 0 Å². The highest BCUT2D eigenvalue weighted by atomic mass is 16.4. The van der Waals surface area contributed by atoms with E-state index in [1.165, 1.54) is 0 Å². The van der Waals surface area contributed by atoms with Gasteiger partial charge < -0.3 is 15.5 Å². The number of hydrogen-bond donors (Lipinski definition) is 4. The van der Waals surface area contributed by atoms with Crippen LogP contribution in [0.25, 0.3) is 0 Å². The first kappa shape index (κ1) is 21.2. The van der Waals surface area contributed by atoms with Gasteiger partial charge in [-0.1, -0.05) is 13.8 Å². The lowest BCUT2D eigenvalue weighted by Crippen LogP contribution is -2.45. The van der Waals surface area contributed by atoms with E-state index in [1.807, 2.05) is 34.6 Å². The highest BCUT2D eigenvalue weighted by Gasteiger charge is 2.17. The third-order valence-corrected chi connectivity index (χ3v) is 2.37. The Kier molecular flexibility index (Phi) is 10.3. The molecule has 0 saturated heterocycles. The Morgan fingerprint density at radius 1 is 1.05 bits per heavy atom. The van der Waals surface area contributed by atoms with Gasteiger partial charge in [-0.15, -0.1) is 0 Å². The zero-order valence-electron chi connectivity index (χ0n) is 13.7. The summed E-state index contributed by atoms with van der Waals surface area (Å²) in [6.45, 7) is 11.5. The van der Waals surface area contributed by atoms with Crippen LogP contribution in [0.4, 0.5) is 0 Å². The molecule has 0 aliphatic heterocycles. The van der Waals surface area contributed by atoms with Crippen LogP contribution in [-0.2, 0) is 9.59 Å². The maximum Gasteiger partial charge on any atom is 0.320 e. The lowest BCUT2D eigenvalue weighted by molar-refractivity contribution is -0.140. The Morgan fingerprint density at radius 2 is 1.50 bits per heavy atom. The number of carbonyl (C=O) groups is 2. The van der Waals surface area contributed by atoms with Crippen molar-refractivity contribution in [2.75, 3.05) is 7.05 Å². The Bertz CT molecular complexity index is 298. The maximum atomic E-state index is 10.4. The van der Waals surface area contributed by atoms with Crippen LogP contribution >= 0.6 is 0 Å². The molecule has 0 rings (SSSR count). The minimum atomic E-state index is -0.810. The molecule has 0 fully saturated rings. The topological polar surface area (TPSA) is 98.7 Å². The number of nitrogens with one attached hydrogen (secondary N) is 2. The van der Waals surface area contributed by atoms with Crippen LogP contribution in [0.3, 0.4) is 0 Å². The predicted octanol–water partition coefficient (Wildman–Crippen LogP) is 1.55. The summed E-state index contributed by atoms with van der Waals surface area (Å²) in [5.74, 6) is -1.15. The second-order valence-corrected chi connectivity index (χ2v) is 6.26. The molecule has 6 heteroatoms. The van der Waals surface area contributed by atoms with E-state index in [0.717, 1.165) is 0 Å². The number of likely N-dealkylation sites (N-methyl/N-ethyl adjacent to an activating group) is 1. The van der Waals surface area contributed by atoms with E-state index in [2.05, 4.69) is 10.6 Å². The standard InChI is InChI=1S/2C7H15NO2/c1-5(6(9)10)8-7(2,3)4;1-5(2)4-6(8-3)7(9)10/h5,8H,1-4H3,(H,9,10);5-6,8H,4H2,1-3H3,(H,9,10)/t5-;6-/m00/s1. The monoisotopic (exact) mass is 290 g/mol. The molecule has 2 atom stereocenters. The summed E-state index contributed by atoms with van der Waals surface area (Å²) < 4.78 is 0. The van der Waals surface area contributed by atoms with Crippen molar-refractivity contribution in [1.82, 2.24) is 10.6 Å². The van der Waals surface area contributed by atoms with Gasteiger partial charge in [0.2, 0.25) is 0 Å².